The molecular weight excluding hydrogens is 252 g/mol. The molecule has 2 heterocycles. The van der Waals surface area contributed by atoms with Crippen LogP contribution in [0.3, 0.4) is 0 Å². The van der Waals surface area contributed by atoms with Gasteiger partial charge in [-0.05, 0) is 18.6 Å². The minimum Gasteiger partial charge on any atom is -0.368 e. The largest absolute Gasteiger partial charge is 0.368 e. The summed E-state index contributed by atoms with van der Waals surface area (Å²) in [5.41, 5.74) is 3.91. The molecule has 0 spiro atoms. The van der Waals surface area contributed by atoms with Crippen molar-refractivity contribution in [2.75, 3.05) is 19.7 Å². The summed E-state index contributed by atoms with van der Waals surface area (Å²) in [5.74, 6) is 0. The third kappa shape index (κ3) is 2.25. The van der Waals surface area contributed by atoms with Crippen LogP contribution in [0.5, 0.6) is 0 Å². The fourth-order valence-corrected chi connectivity index (χ4v) is 2.98. The van der Waals surface area contributed by atoms with E-state index in [1.54, 1.807) is 0 Å². The summed E-state index contributed by atoms with van der Waals surface area (Å²) in [6.45, 7) is 5.24. The van der Waals surface area contributed by atoms with Crippen LogP contribution in [0.15, 0.2) is 24.3 Å². The number of hydrogen-bond donors (Lipinski definition) is 0. The lowest BCUT2D eigenvalue weighted by Gasteiger charge is -2.30. The molecule has 1 aliphatic rings. The van der Waals surface area contributed by atoms with Crippen molar-refractivity contribution in [2.45, 2.75) is 19.6 Å². The highest BCUT2D eigenvalue weighted by Crippen LogP contribution is 2.26. The molecule has 3 rings (SSSR count). The highest BCUT2D eigenvalue weighted by molar-refractivity contribution is 5.85. The second kappa shape index (κ2) is 5.38. The first-order valence-corrected chi connectivity index (χ1v) is 7.03. The normalized spacial score (nSPS) is 20.4. The number of benzene rings is 1. The van der Waals surface area contributed by atoms with Gasteiger partial charge in [-0.15, -0.1) is 0 Å². The molecule has 1 unspecified atom stereocenters. The number of aldehydes is 1. The monoisotopic (exact) mass is 272 g/mol. The number of nitrogens with zero attached hydrogens (tertiary/aromatic N) is 2. The molecule has 106 valence electrons. The Bertz CT molecular complexity index is 633. The Morgan fingerprint density at radius 3 is 3.00 bits per heavy atom. The Hall–Kier alpha value is -1.65. The van der Waals surface area contributed by atoms with Gasteiger partial charge in [-0.3, -0.25) is 4.90 Å². The lowest BCUT2D eigenvalue weighted by Crippen LogP contribution is -2.42. The van der Waals surface area contributed by atoms with Crippen LogP contribution in [0.25, 0.3) is 10.9 Å². The van der Waals surface area contributed by atoms with Gasteiger partial charge in [0.25, 0.3) is 0 Å². The van der Waals surface area contributed by atoms with Gasteiger partial charge < -0.3 is 14.1 Å². The minimum absolute atomic E-state index is 0.279. The predicted octanol–water partition coefficient (Wildman–Crippen LogP) is 1.89. The molecular formula is C16H20N2O2. The van der Waals surface area contributed by atoms with Gasteiger partial charge in [-0.1, -0.05) is 18.2 Å². The van der Waals surface area contributed by atoms with E-state index < -0.39 is 0 Å². The van der Waals surface area contributed by atoms with Crippen molar-refractivity contribution in [2.24, 2.45) is 7.05 Å². The van der Waals surface area contributed by atoms with Crippen molar-refractivity contribution in [3.63, 3.8) is 0 Å². The van der Waals surface area contributed by atoms with Crippen LogP contribution >= 0.6 is 0 Å². The Balaban J connectivity index is 1.91. The van der Waals surface area contributed by atoms with E-state index in [0.29, 0.717) is 13.2 Å². The number of carbonyl (C=O) groups excluding carboxylic acids is 1. The van der Waals surface area contributed by atoms with Crippen molar-refractivity contribution in [3.8, 4) is 0 Å². The maximum atomic E-state index is 10.9. The third-order valence-corrected chi connectivity index (χ3v) is 4.24. The Morgan fingerprint density at radius 2 is 2.20 bits per heavy atom. The summed E-state index contributed by atoms with van der Waals surface area (Å²) in [7, 11) is 2.11. The zero-order chi connectivity index (χ0) is 14.1. The molecule has 0 radical (unpaired) electrons. The summed E-state index contributed by atoms with van der Waals surface area (Å²) in [6, 6.07) is 8.48. The van der Waals surface area contributed by atoms with Crippen LogP contribution in [-0.4, -0.2) is 41.6 Å². The van der Waals surface area contributed by atoms with Crippen LogP contribution in [0.2, 0.25) is 0 Å². The number of aromatic nitrogens is 1. The second-order valence-electron chi connectivity index (χ2n) is 5.42. The average molecular weight is 272 g/mol. The zero-order valence-corrected chi connectivity index (χ0v) is 12.0. The van der Waals surface area contributed by atoms with E-state index in [2.05, 4.69) is 47.7 Å². The molecule has 1 aromatic heterocycles. The minimum atomic E-state index is -0.279. The molecule has 1 fully saturated rings. The molecule has 1 atom stereocenters. The molecule has 0 aliphatic carbocycles. The van der Waals surface area contributed by atoms with Crippen LogP contribution in [0, 0.1) is 6.92 Å². The fraction of sp³-hybridized carbons (Fsp3) is 0.438. The molecule has 1 aromatic carbocycles. The van der Waals surface area contributed by atoms with Gasteiger partial charge in [-0.25, -0.2) is 0 Å². The van der Waals surface area contributed by atoms with Gasteiger partial charge in [-0.2, -0.15) is 0 Å². The fourth-order valence-electron chi connectivity index (χ4n) is 2.98. The van der Waals surface area contributed by atoms with Gasteiger partial charge in [0.1, 0.15) is 12.4 Å². The Kier molecular flexibility index (Phi) is 3.59. The Morgan fingerprint density at radius 1 is 1.40 bits per heavy atom. The van der Waals surface area contributed by atoms with Crippen molar-refractivity contribution >= 4 is 17.2 Å². The standard InChI is InChI=1S/C16H20N2O2/c1-12-15(10-18-7-8-20-13(9-18)11-19)14-5-3-4-6-16(14)17(12)2/h3-6,11,13H,7-10H2,1-2H3. The lowest BCUT2D eigenvalue weighted by atomic mass is 10.1. The van der Waals surface area contributed by atoms with Gasteiger partial charge in [0, 0.05) is 43.3 Å². The highest BCUT2D eigenvalue weighted by atomic mass is 16.5. The summed E-state index contributed by atoms with van der Waals surface area (Å²) in [4.78, 5) is 13.2. The molecule has 4 nitrogen and oxygen atoms in total. The summed E-state index contributed by atoms with van der Waals surface area (Å²) < 4.78 is 7.64. The number of carbonyl (C=O) groups is 1. The van der Waals surface area contributed by atoms with E-state index >= 15 is 0 Å². The first-order chi connectivity index (χ1) is 9.70. The number of aryl methyl sites for hydroxylation is 1. The SMILES string of the molecule is Cc1c(CN2CCOC(C=O)C2)c2ccccc2n1C. The van der Waals surface area contributed by atoms with Gasteiger partial charge in [0.2, 0.25) is 0 Å². The first kappa shape index (κ1) is 13.3. The molecule has 0 saturated carbocycles. The molecule has 1 aliphatic heterocycles. The number of para-hydroxylation sites is 1. The number of hydrogen-bond acceptors (Lipinski definition) is 3. The van der Waals surface area contributed by atoms with Crippen molar-refractivity contribution < 1.29 is 9.53 Å². The topological polar surface area (TPSA) is 34.5 Å². The number of ether oxygens (including phenoxy) is 1. The smallest absolute Gasteiger partial charge is 0.150 e. The molecule has 20 heavy (non-hydrogen) atoms. The number of fused-ring (bicyclic) bond motifs is 1. The summed E-state index contributed by atoms with van der Waals surface area (Å²) in [6.07, 6.45) is 0.626. The van der Waals surface area contributed by atoms with Gasteiger partial charge in [0.15, 0.2) is 0 Å². The van der Waals surface area contributed by atoms with E-state index in [1.807, 2.05) is 0 Å². The second-order valence-corrected chi connectivity index (χ2v) is 5.42. The van der Waals surface area contributed by atoms with Crippen molar-refractivity contribution in [3.05, 3.63) is 35.5 Å². The third-order valence-electron chi connectivity index (χ3n) is 4.24. The quantitative estimate of drug-likeness (QED) is 0.800. The van der Waals surface area contributed by atoms with Crippen LogP contribution < -0.4 is 0 Å². The van der Waals surface area contributed by atoms with E-state index in [9.17, 15) is 4.79 Å². The maximum absolute atomic E-state index is 10.9. The number of morpholine rings is 1. The molecule has 0 N–H and O–H groups in total. The molecule has 2 aromatic rings. The van der Waals surface area contributed by atoms with E-state index in [0.717, 1.165) is 19.4 Å². The van der Waals surface area contributed by atoms with Crippen LogP contribution in [0.1, 0.15) is 11.3 Å². The van der Waals surface area contributed by atoms with Gasteiger partial charge >= 0.3 is 0 Å². The Labute approximate surface area is 118 Å². The van der Waals surface area contributed by atoms with E-state index in [1.165, 1.54) is 22.2 Å². The maximum Gasteiger partial charge on any atom is 0.150 e. The summed E-state index contributed by atoms with van der Waals surface area (Å²) >= 11 is 0. The average Bonchev–Trinajstić information content (AvgIpc) is 2.73. The lowest BCUT2D eigenvalue weighted by molar-refractivity contribution is -0.123. The molecule has 1 saturated heterocycles. The predicted molar refractivity (Wildman–Crippen MR) is 78.7 cm³/mol. The van der Waals surface area contributed by atoms with Crippen molar-refractivity contribution in [1.82, 2.24) is 9.47 Å². The van der Waals surface area contributed by atoms with E-state index in [4.69, 9.17) is 4.74 Å². The van der Waals surface area contributed by atoms with E-state index in [-0.39, 0.29) is 6.10 Å². The molecule has 0 amide bonds. The zero-order valence-electron chi connectivity index (χ0n) is 12.0. The highest BCUT2D eigenvalue weighted by Gasteiger charge is 2.22. The van der Waals surface area contributed by atoms with Crippen LogP contribution in [0.4, 0.5) is 0 Å². The van der Waals surface area contributed by atoms with Crippen molar-refractivity contribution in [1.29, 1.82) is 0 Å². The summed E-state index contributed by atoms with van der Waals surface area (Å²) in [5, 5.41) is 1.31. The number of rotatable bonds is 3. The molecule has 4 heteroatoms. The van der Waals surface area contributed by atoms with Gasteiger partial charge in [0.05, 0.1) is 6.61 Å². The van der Waals surface area contributed by atoms with Crippen LogP contribution in [-0.2, 0) is 23.1 Å². The molecule has 0 bridgehead atoms. The first-order valence-electron chi connectivity index (χ1n) is 7.03.